The van der Waals surface area contributed by atoms with Crippen LogP contribution in [-0.4, -0.2) is 57.5 Å². The second-order valence-electron chi connectivity index (χ2n) is 9.52. The fraction of sp³-hybridized carbons (Fsp3) is 0.400. The number of aliphatic hydroxyl groups is 1. The maximum Gasteiger partial charge on any atom is 0.258 e. The first kappa shape index (κ1) is 24.3. The van der Waals surface area contributed by atoms with E-state index in [9.17, 15) is 19.1 Å². The normalized spacial score (nSPS) is 24.9. The van der Waals surface area contributed by atoms with Crippen LogP contribution in [0.3, 0.4) is 0 Å². The number of hydrogen-bond donors (Lipinski definition) is 4. The van der Waals surface area contributed by atoms with Crippen molar-refractivity contribution < 1.29 is 28.6 Å². The number of nitrogens with one attached hydrogen (secondary N) is 3. The van der Waals surface area contributed by atoms with Crippen molar-refractivity contribution in [2.75, 3.05) is 13.2 Å². The van der Waals surface area contributed by atoms with Crippen molar-refractivity contribution in [2.45, 2.75) is 49.3 Å². The second kappa shape index (κ2) is 9.59. The summed E-state index contributed by atoms with van der Waals surface area (Å²) in [4.78, 5) is 25.2. The van der Waals surface area contributed by atoms with Crippen LogP contribution in [0.25, 0.3) is 10.9 Å². The summed E-state index contributed by atoms with van der Waals surface area (Å²) in [6.45, 7) is -0.471. The number of aromatic amines is 1. The lowest BCUT2D eigenvalue weighted by molar-refractivity contribution is -0.137. The topological polar surface area (TPSA) is 126 Å². The zero-order chi connectivity index (χ0) is 25.3. The lowest BCUT2D eigenvalue weighted by atomic mass is 9.60. The maximum absolute atomic E-state index is 14.1. The summed E-state index contributed by atoms with van der Waals surface area (Å²) in [5, 5.41) is 24.3. The van der Waals surface area contributed by atoms with Crippen LogP contribution in [0.1, 0.15) is 32.1 Å². The van der Waals surface area contributed by atoms with E-state index in [2.05, 4.69) is 20.8 Å². The van der Waals surface area contributed by atoms with Crippen LogP contribution in [0.4, 0.5) is 4.39 Å². The summed E-state index contributed by atoms with van der Waals surface area (Å²) in [5.74, 6) is -0.433. The van der Waals surface area contributed by atoms with Crippen molar-refractivity contribution in [1.29, 1.82) is 0 Å². The molecule has 1 atom stereocenters. The first-order valence-electron chi connectivity index (χ1n) is 11.7. The van der Waals surface area contributed by atoms with Gasteiger partial charge >= 0.3 is 0 Å². The minimum absolute atomic E-state index is 0.180. The number of fused-ring (bicyclic) bond motifs is 4. The van der Waals surface area contributed by atoms with Crippen LogP contribution >= 0.6 is 11.6 Å². The third-order valence-corrected chi connectivity index (χ3v) is 7.40. The molecule has 3 fully saturated rings. The van der Waals surface area contributed by atoms with Gasteiger partial charge in [-0.25, -0.2) is 4.39 Å². The smallest absolute Gasteiger partial charge is 0.258 e. The Morgan fingerprint density at radius 3 is 2.42 bits per heavy atom. The predicted octanol–water partition coefficient (Wildman–Crippen LogP) is 2.86. The Hall–Kier alpha value is -3.37. The molecule has 4 N–H and O–H groups in total. The number of amides is 2. The number of hydrogen-bond acceptors (Lipinski definition) is 6. The molecule has 1 heterocycles. The van der Waals surface area contributed by atoms with Crippen molar-refractivity contribution in [3.8, 4) is 11.5 Å². The number of carbonyl (C=O) groups excluding carboxylic acids is 2. The number of H-pyrrole nitrogens is 1. The monoisotopic (exact) mass is 516 g/mol. The first-order chi connectivity index (χ1) is 17.3. The summed E-state index contributed by atoms with van der Waals surface area (Å²) in [6.07, 6.45) is 3.11. The Bertz CT molecular complexity index is 1270. The molecule has 3 aliphatic carbocycles. The number of rotatable bonds is 8. The molecule has 36 heavy (non-hydrogen) atoms. The van der Waals surface area contributed by atoms with E-state index < -0.39 is 23.0 Å². The van der Waals surface area contributed by atoms with E-state index in [1.807, 2.05) is 0 Å². The minimum atomic E-state index is -0.822. The molecule has 190 valence electrons. The molecule has 0 saturated heterocycles. The quantitative estimate of drug-likeness (QED) is 0.365. The van der Waals surface area contributed by atoms with Gasteiger partial charge in [-0.05, 0) is 56.4 Å². The molecule has 2 amide bonds. The third-order valence-electron chi connectivity index (χ3n) is 7.15. The Balaban J connectivity index is 1.13. The van der Waals surface area contributed by atoms with Gasteiger partial charge in [0.05, 0.1) is 28.7 Å². The third kappa shape index (κ3) is 4.96. The fourth-order valence-corrected chi connectivity index (χ4v) is 5.33. The highest BCUT2D eigenvalue weighted by atomic mass is 35.5. The molecule has 3 saturated carbocycles. The molecule has 2 bridgehead atoms. The molecular formula is C25H26ClFN4O5. The van der Waals surface area contributed by atoms with Crippen molar-refractivity contribution in [1.82, 2.24) is 20.8 Å². The van der Waals surface area contributed by atoms with Gasteiger partial charge in [0.25, 0.3) is 11.8 Å². The van der Waals surface area contributed by atoms with E-state index >= 15 is 0 Å². The van der Waals surface area contributed by atoms with Crippen LogP contribution in [0, 0.1) is 5.82 Å². The summed E-state index contributed by atoms with van der Waals surface area (Å²) in [7, 11) is 0. The van der Waals surface area contributed by atoms with E-state index in [1.54, 1.807) is 30.3 Å². The Morgan fingerprint density at radius 2 is 1.72 bits per heavy atom. The van der Waals surface area contributed by atoms with E-state index in [0.29, 0.717) is 53.8 Å². The standard InChI is InChI=1S/C25H26ClFN4O5/c26-15-1-3-16(4-2-15)35-14-23(34)30-25-7-5-24(6-8-25,11-21(25)32)29-22(33)13-36-17-9-19(27)18-12-28-31-20(18)10-17/h1-4,9-10,12,21,32H,5-8,11,13-14H2,(H,28,31)(H,29,33)(H,30,34). The van der Waals surface area contributed by atoms with Gasteiger partial charge in [-0.2, -0.15) is 5.10 Å². The van der Waals surface area contributed by atoms with Gasteiger partial charge in [0, 0.05) is 22.7 Å². The second-order valence-corrected chi connectivity index (χ2v) is 9.96. The van der Waals surface area contributed by atoms with E-state index in [0.717, 1.165) is 0 Å². The average Bonchev–Trinajstić information content (AvgIpc) is 3.33. The summed E-state index contributed by atoms with van der Waals surface area (Å²) in [5.41, 5.74) is -0.853. The molecular weight excluding hydrogens is 491 g/mol. The molecule has 0 spiro atoms. The van der Waals surface area contributed by atoms with E-state index in [-0.39, 0.29) is 30.8 Å². The van der Waals surface area contributed by atoms with Gasteiger partial charge in [0.1, 0.15) is 17.3 Å². The van der Waals surface area contributed by atoms with E-state index in [1.165, 1.54) is 12.3 Å². The zero-order valence-corrected chi connectivity index (χ0v) is 20.1. The number of nitrogens with zero attached hydrogens (tertiary/aromatic N) is 1. The summed E-state index contributed by atoms with van der Waals surface area (Å²) in [6, 6.07) is 9.49. The number of carbonyl (C=O) groups is 2. The fourth-order valence-electron chi connectivity index (χ4n) is 5.20. The number of aliphatic hydroxyl groups excluding tert-OH is 1. The van der Waals surface area contributed by atoms with Crippen LogP contribution in [0.15, 0.2) is 42.6 Å². The first-order valence-corrected chi connectivity index (χ1v) is 12.1. The van der Waals surface area contributed by atoms with Crippen LogP contribution < -0.4 is 20.1 Å². The van der Waals surface area contributed by atoms with E-state index in [4.69, 9.17) is 21.1 Å². The maximum atomic E-state index is 14.1. The van der Waals surface area contributed by atoms with Gasteiger partial charge in [0.2, 0.25) is 0 Å². The van der Waals surface area contributed by atoms with Gasteiger partial charge < -0.3 is 25.2 Å². The highest BCUT2D eigenvalue weighted by Gasteiger charge is 2.55. The molecule has 0 radical (unpaired) electrons. The highest BCUT2D eigenvalue weighted by Crippen LogP contribution is 2.47. The Morgan fingerprint density at radius 1 is 1.06 bits per heavy atom. The molecule has 3 aromatic rings. The summed E-state index contributed by atoms with van der Waals surface area (Å²) < 4.78 is 25.1. The molecule has 2 aromatic carbocycles. The number of aromatic nitrogens is 2. The summed E-state index contributed by atoms with van der Waals surface area (Å²) >= 11 is 5.86. The average molecular weight is 517 g/mol. The Kier molecular flexibility index (Phi) is 6.48. The molecule has 6 rings (SSSR count). The van der Waals surface area contributed by atoms with Crippen molar-refractivity contribution in [3.63, 3.8) is 0 Å². The largest absolute Gasteiger partial charge is 0.484 e. The van der Waals surface area contributed by atoms with Crippen LogP contribution in [0.5, 0.6) is 11.5 Å². The molecule has 1 aromatic heterocycles. The minimum Gasteiger partial charge on any atom is -0.484 e. The molecule has 9 nitrogen and oxygen atoms in total. The van der Waals surface area contributed by atoms with Crippen molar-refractivity contribution in [3.05, 3.63) is 53.4 Å². The molecule has 11 heteroatoms. The number of benzene rings is 2. The van der Waals surface area contributed by atoms with Gasteiger partial charge in [-0.1, -0.05) is 11.6 Å². The lowest BCUT2D eigenvalue weighted by Gasteiger charge is -2.56. The van der Waals surface area contributed by atoms with Crippen molar-refractivity contribution in [2.24, 2.45) is 0 Å². The zero-order valence-electron chi connectivity index (χ0n) is 19.4. The molecule has 3 aliphatic rings. The predicted molar refractivity (Wildman–Crippen MR) is 129 cm³/mol. The van der Waals surface area contributed by atoms with Gasteiger partial charge in [0.15, 0.2) is 13.2 Å². The van der Waals surface area contributed by atoms with Crippen LogP contribution in [-0.2, 0) is 9.59 Å². The molecule has 0 aliphatic heterocycles. The van der Waals surface area contributed by atoms with Crippen LogP contribution in [0.2, 0.25) is 5.02 Å². The number of halogens is 2. The Labute approximate surface area is 211 Å². The highest BCUT2D eigenvalue weighted by molar-refractivity contribution is 6.30. The van der Waals surface area contributed by atoms with Gasteiger partial charge in [-0.3, -0.25) is 14.7 Å². The van der Waals surface area contributed by atoms with Gasteiger partial charge in [-0.15, -0.1) is 0 Å². The lowest BCUT2D eigenvalue weighted by Crippen LogP contribution is -2.70. The van der Waals surface area contributed by atoms with Crippen molar-refractivity contribution >= 4 is 34.3 Å². The SMILES string of the molecule is O=C(COc1cc(F)c2cn[nH]c2c1)NC12CCC(NC(=O)COc3ccc(Cl)cc3)(CC1)C(O)C2. The number of ether oxygens (including phenoxy) is 2. The molecule has 1 unspecified atom stereocenters.